The minimum absolute atomic E-state index is 0.00574. The zero-order chi connectivity index (χ0) is 11.3. The van der Waals surface area contributed by atoms with Crippen LogP contribution in [0.1, 0.15) is 39.0 Å². The van der Waals surface area contributed by atoms with Gasteiger partial charge in [-0.05, 0) is 25.7 Å². The average molecular weight is 215 g/mol. The van der Waals surface area contributed by atoms with E-state index in [9.17, 15) is 4.79 Å². The van der Waals surface area contributed by atoms with Gasteiger partial charge in [0.2, 0.25) is 0 Å². The SMILES string of the molecule is CC[C@H](N)C(=O)OC1CCCC(OC)C1. The number of hydrogen-bond acceptors (Lipinski definition) is 4. The normalized spacial score (nSPS) is 28.5. The Labute approximate surface area is 91.1 Å². The summed E-state index contributed by atoms with van der Waals surface area (Å²) in [6, 6.07) is -0.479. The largest absolute Gasteiger partial charge is 0.461 e. The van der Waals surface area contributed by atoms with E-state index in [0.717, 1.165) is 25.7 Å². The minimum Gasteiger partial charge on any atom is -0.461 e. The van der Waals surface area contributed by atoms with Crippen LogP contribution in [0.5, 0.6) is 0 Å². The Kier molecular flexibility index (Phi) is 5.05. The molecule has 1 aliphatic rings. The van der Waals surface area contributed by atoms with Crippen molar-refractivity contribution in [3.63, 3.8) is 0 Å². The second-order valence-electron chi connectivity index (χ2n) is 4.10. The van der Waals surface area contributed by atoms with Gasteiger partial charge in [0.1, 0.15) is 12.1 Å². The fourth-order valence-corrected chi connectivity index (χ4v) is 1.84. The quantitative estimate of drug-likeness (QED) is 0.716. The molecule has 4 heteroatoms. The van der Waals surface area contributed by atoms with Crippen LogP contribution in [0.3, 0.4) is 0 Å². The van der Waals surface area contributed by atoms with Gasteiger partial charge in [0, 0.05) is 13.5 Å². The number of methoxy groups -OCH3 is 1. The van der Waals surface area contributed by atoms with E-state index in [-0.39, 0.29) is 18.2 Å². The van der Waals surface area contributed by atoms with E-state index >= 15 is 0 Å². The van der Waals surface area contributed by atoms with Crippen molar-refractivity contribution in [3.8, 4) is 0 Å². The molecule has 1 fully saturated rings. The van der Waals surface area contributed by atoms with Crippen molar-refractivity contribution >= 4 is 5.97 Å². The maximum absolute atomic E-state index is 11.4. The summed E-state index contributed by atoms with van der Waals surface area (Å²) in [6.45, 7) is 1.88. The molecule has 0 aliphatic heterocycles. The smallest absolute Gasteiger partial charge is 0.323 e. The lowest BCUT2D eigenvalue weighted by Crippen LogP contribution is -2.37. The molecule has 0 aromatic rings. The first-order valence-corrected chi connectivity index (χ1v) is 5.66. The van der Waals surface area contributed by atoms with Crippen LogP contribution < -0.4 is 5.73 Å². The molecule has 15 heavy (non-hydrogen) atoms. The van der Waals surface area contributed by atoms with Gasteiger partial charge >= 0.3 is 5.97 Å². The predicted molar refractivity (Wildman–Crippen MR) is 57.4 cm³/mol. The third kappa shape index (κ3) is 3.80. The maximum Gasteiger partial charge on any atom is 0.323 e. The fraction of sp³-hybridized carbons (Fsp3) is 0.909. The zero-order valence-electron chi connectivity index (χ0n) is 9.57. The first-order valence-electron chi connectivity index (χ1n) is 5.66. The van der Waals surface area contributed by atoms with Gasteiger partial charge in [-0.2, -0.15) is 0 Å². The highest BCUT2D eigenvalue weighted by Crippen LogP contribution is 2.23. The van der Waals surface area contributed by atoms with E-state index in [1.165, 1.54) is 0 Å². The summed E-state index contributed by atoms with van der Waals surface area (Å²) in [5.41, 5.74) is 5.60. The van der Waals surface area contributed by atoms with Gasteiger partial charge in [-0.25, -0.2) is 0 Å². The number of ether oxygens (including phenoxy) is 2. The van der Waals surface area contributed by atoms with Crippen LogP contribution in [-0.4, -0.2) is 31.3 Å². The molecule has 1 saturated carbocycles. The van der Waals surface area contributed by atoms with E-state index in [1.807, 2.05) is 6.92 Å². The summed E-state index contributed by atoms with van der Waals surface area (Å²) < 4.78 is 10.6. The second kappa shape index (κ2) is 6.08. The minimum atomic E-state index is -0.479. The van der Waals surface area contributed by atoms with E-state index in [1.54, 1.807) is 7.11 Å². The molecule has 1 rings (SSSR count). The molecule has 0 aromatic heterocycles. The van der Waals surface area contributed by atoms with E-state index < -0.39 is 6.04 Å². The summed E-state index contributed by atoms with van der Waals surface area (Å²) in [7, 11) is 1.70. The Morgan fingerprint density at radius 2 is 2.13 bits per heavy atom. The Hall–Kier alpha value is -0.610. The highest BCUT2D eigenvalue weighted by molar-refractivity contribution is 5.75. The van der Waals surface area contributed by atoms with Crippen LogP contribution in [0.15, 0.2) is 0 Å². The molecule has 3 atom stereocenters. The van der Waals surface area contributed by atoms with E-state index in [4.69, 9.17) is 15.2 Å². The van der Waals surface area contributed by atoms with Crippen molar-refractivity contribution in [1.29, 1.82) is 0 Å². The van der Waals surface area contributed by atoms with Crippen LogP contribution in [-0.2, 0) is 14.3 Å². The van der Waals surface area contributed by atoms with Crippen molar-refractivity contribution in [1.82, 2.24) is 0 Å². The fourth-order valence-electron chi connectivity index (χ4n) is 1.84. The summed E-state index contributed by atoms with van der Waals surface area (Å²) >= 11 is 0. The van der Waals surface area contributed by atoms with Gasteiger partial charge in [-0.15, -0.1) is 0 Å². The first kappa shape index (κ1) is 12.5. The van der Waals surface area contributed by atoms with Crippen molar-refractivity contribution in [3.05, 3.63) is 0 Å². The molecule has 0 heterocycles. The highest BCUT2D eigenvalue weighted by Gasteiger charge is 2.26. The zero-order valence-corrected chi connectivity index (χ0v) is 9.57. The molecule has 0 bridgehead atoms. The molecule has 1 aliphatic carbocycles. The summed E-state index contributed by atoms with van der Waals surface area (Å²) in [5, 5.41) is 0. The molecule has 0 spiro atoms. The first-order chi connectivity index (χ1) is 7.17. The Morgan fingerprint density at radius 3 is 2.73 bits per heavy atom. The van der Waals surface area contributed by atoms with Crippen LogP contribution >= 0.6 is 0 Å². The van der Waals surface area contributed by atoms with Crippen LogP contribution in [0.4, 0.5) is 0 Å². The highest BCUT2D eigenvalue weighted by atomic mass is 16.5. The van der Waals surface area contributed by atoms with Gasteiger partial charge in [0.15, 0.2) is 0 Å². The molecular formula is C11H21NO3. The third-order valence-corrected chi connectivity index (χ3v) is 2.94. The Morgan fingerprint density at radius 1 is 1.47 bits per heavy atom. The lowest BCUT2D eigenvalue weighted by atomic mass is 9.95. The summed E-state index contributed by atoms with van der Waals surface area (Å²) in [6.07, 6.45) is 4.70. The van der Waals surface area contributed by atoms with E-state index in [2.05, 4.69) is 0 Å². The van der Waals surface area contributed by atoms with E-state index in [0.29, 0.717) is 6.42 Å². The maximum atomic E-state index is 11.4. The monoisotopic (exact) mass is 215 g/mol. The Balaban J connectivity index is 2.34. The number of rotatable bonds is 4. The van der Waals surface area contributed by atoms with Crippen molar-refractivity contribution in [2.45, 2.75) is 57.3 Å². The topological polar surface area (TPSA) is 61.6 Å². The molecule has 0 amide bonds. The molecule has 4 nitrogen and oxygen atoms in total. The number of hydrogen-bond donors (Lipinski definition) is 1. The van der Waals surface area contributed by atoms with Gasteiger partial charge in [0.25, 0.3) is 0 Å². The van der Waals surface area contributed by atoms with Crippen LogP contribution in [0.25, 0.3) is 0 Å². The second-order valence-corrected chi connectivity index (χ2v) is 4.10. The molecular weight excluding hydrogens is 194 g/mol. The molecule has 2 unspecified atom stereocenters. The van der Waals surface area contributed by atoms with Gasteiger partial charge in [-0.3, -0.25) is 4.79 Å². The lowest BCUT2D eigenvalue weighted by molar-refractivity contribution is -0.154. The van der Waals surface area contributed by atoms with Gasteiger partial charge in [-0.1, -0.05) is 6.92 Å². The van der Waals surface area contributed by atoms with Crippen molar-refractivity contribution in [2.75, 3.05) is 7.11 Å². The van der Waals surface area contributed by atoms with Crippen molar-refractivity contribution < 1.29 is 14.3 Å². The van der Waals surface area contributed by atoms with Crippen molar-refractivity contribution in [2.24, 2.45) is 5.73 Å². The van der Waals surface area contributed by atoms with Gasteiger partial charge in [0.05, 0.1) is 6.10 Å². The average Bonchev–Trinajstić information content (AvgIpc) is 2.28. The summed E-state index contributed by atoms with van der Waals surface area (Å²) in [5.74, 6) is -0.278. The molecule has 2 N–H and O–H groups in total. The molecule has 0 saturated heterocycles. The third-order valence-electron chi connectivity index (χ3n) is 2.94. The van der Waals surface area contributed by atoms with Crippen LogP contribution in [0.2, 0.25) is 0 Å². The molecule has 0 radical (unpaired) electrons. The van der Waals surface area contributed by atoms with Crippen LogP contribution in [0, 0.1) is 0 Å². The molecule has 0 aromatic carbocycles. The Bertz CT molecular complexity index is 208. The van der Waals surface area contributed by atoms with Gasteiger partial charge < -0.3 is 15.2 Å². The number of carbonyl (C=O) groups excluding carboxylic acids is 1. The lowest BCUT2D eigenvalue weighted by Gasteiger charge is -2.28. The standard InChI is InChI=1S/C11H21NO3/c1-3-10(12)11(13)15-9-6-4-5-8(7-9)14-2/h8-10H,3-7,12H2,1-2H3/t8?,9?,10-/m0/s1. The number of esters is 1. The summed E-state index contributed by atoms with van der Waals surface area (Å²) in [4.78, 5) is 11.4. The predicted octanol–water partition coefficient (Wildman–Crippen LogP) is 1.22. The molecule has 88 valence electrons. The number of nitrogens with two attached hydrogens (primary N) is 1. The number of carbonyl (C=O) groups is 1.